The second kappa shape index (κ2) is 4.60. The lowest BCUT2D eigenvalue weighted by Crippen LogP contribution is -2.24. The molecule has 0 radical (unpaired) electrons. The summed E-state index contributed by atoms with van der Waals surface area (Å²) in [6, 6.07) is 0. The second-order valence-corrected chi connectivity index (χ2v) is 4.16. The van der Waals surface area contributed by atoms with Crippen molar-refractivity contribution in [1.29, 1.82) is 0 Å². The molecule has 1 amide bonds. The summed E-state index contributed by atoms with van der Waals surface area (Å²) >= 11 is 12.2. The molecule has 1 aromatic rings. The van der Waals surface area contributed by atoms with Crippen LogP contribution < -0.4 is 5.32 Å². The minimum atomic E-state index is -0.301. The highest BCUT2D eigenvalue weighted by Gasteiger charge is 2.08. The smallest absolute Gasteiger partial charge is 0.271 e. The van der Waals surface area contributed by atoms with Gasteiger partial charge in [0.1, 0.15) is 5.69 Å². The number of carbonyl (C=O) groups is 1. The minimum absolute atomic E-state index is 0.232. The van der Waals surface area contributed by atoms with Gasteiger partial charge < -0.3 is 5.32 Å². The zero-order valence-corrected chi connectivity index (χ0v) is 8.84. The third kappa shape index (κ3) is 3.34. The van der Waals surface area contributed by atoms with E-state index in [9.17, 15) is 4.79 Å². The fourth-order valence-corrected chi connectivity index (χ4v) is 1.43. The number of rotatable bonds is 3. The Morgan fingerprint density at radius 3 is 2.92 bits per heavy atom. The van der Waals surface area contributed by atoms with Crippen molar-refractivity contribution in [1.82, 2.24) is 10.3 Å². The van der Waals surface area contributed by atoms with Crippen LogP contribution in [0, 0.1) is 0 Å². The maximum atomic E-state index is 11.2. The van der Waals surface area contributed by atoms with Gasteiger partial charge in [-0.3, -0.25) is 4.79 Å². The van der Waals surface area contributed by atoms with Crippen molar-refractivity contribution in [3.8, 4) is 0 Å². The van der Waals surface area contributed by atoms with Gasteiger partial charge in [-0.25, -0.2) is 4.98 Å². The van der Waals surface area contributed by atoms with E-state index in [-0.39, 0.29) is 12.5 Å². The molecular formula is C7H6Cl2N2OS. The predicted octanol–water partition coefficient (Wildman–Crippen LogP) is 2.28. The molecule has 0 bridgehead atoms. The summed E-state index contributed by atoms with van der Waals surface area (Å²) in [6.45, 7) is 3.66. The number of aromatic nitrogens is 1. The normalized spacial score (nSPS) is 9.69. The van der Waals surface area contributed by atoms with Gasteiger partial charge in [0.05, 0.1) is 6.54 Å². The molecule has 0 fully saturated rings. The Balaban J connectivity index is 2.54. The molecule has 0 unspecified atom stereocenters. The van der Waals surface area contributed by atoms with E-state index in [1.807, 2.05) is 0 Å². The number of nitrogens with zero attached hydrogens (tertiary/aromatic N) is 1. The van der Waals surface area contributed by atoms with Crippen molar-refractivity contribution in [2.24, 2.45) is 0 Å². The topological polar surface area (TPSA) is 42.0 Å². The highest BCUT2D eigenvalue weighted by Crippen LogP contribution is 2.14. The lowest BCUT2D eigenvalue weighted by molar-refractivity contribution is 0.0953. The van der Waals surface area contributed by atoms with E-state index in [4.69, 9.17) is 23.2 Å². The maximum Gasteiger partial charge on any atom is 0.271 e. The van der Waals surface area contributed by atoms with Crippen LogP contribution in [0.1, 0.15) is 10.5 Å². The molecule has 0 spiro atoms. The van der Waals surface area contributed by atoms with Crippen molar-refractivity contribution in [3.05, 3.63) is 27.2 Å². The largest absolute Gasteiger partial charge is 0.346 e. The van der Waals surface area contributed by atoms with Gasteiger partial charge in [0.15, 0.2) is 4.47 Å². The number of hydrogen-bond acceptors (Lipinski definition) is 3. The molecule has 0 saturated carbocycles. The Morgan fingerprint density at radius 1 is 1.77 bits per heavy atom. The molecule has 13 heavy (non-hydrogen) atoms. The molecule has 0 aromatic carbocycles. The molecule has 0 aliphatic carbocycles. The Hall–Kier alpha value is -0.580. The monoisotopic (exact) mass is 236 g/mol. The first kappa shape index (κ1) is 10.5. The van der Waals surface area contributed by atoms with Gasteiger partial charge in [0, 0.05) is 10.4 Å². The lowest BCUT2D eigenvalue weighted by Gasteiger charge is -1.99. The standard InChI is InChI=1S/C7H6Cl2N2OS/c1-4(8)2-10-6(12)5-3-13-7(9)11-5/h3H,1-2H2,(H,10,12). The molecule has 3 nitrogen and oxygen atoms in total. The van der Waals surface area contributed by atoms with Crippen molar-refractivity contribution in [2.45, 2.75) is 0 Å². The van der Waals surface area contributed by atoms with Crippen LogP contribution in [0.3, 0.4) is 0 Å². The van der Waals surface area contributed by atoms with E-state index >= 15 is 0 Å². The first-order valence-corrected chi connectivity index (χ1v) is 4.95. The number of nitrogens with one attached hydrogen (secondary N) is 1. The van der Waals surface area contributed by atoms with E-state index in [1.54, 1.807) is 5.38 Å². The van der Waals surface area contributed by atoms with E-state index in [0.29, 0.717) is 15.2 Å². The molecule has 0 aliphatic heterocycles. The summed E-state index contributed by atoms with van der Waals surface area (Å²) in [4.78, 5) is 15.0. The highest BCUT2D eigenvalue weighted by molar-refractivity contribution is 7.14. The fourth-order valence-electron chi connectivity index (χ4n) is 0.623. The molecule has 0 aliphatic rings. The molecule has 6 heteroatoms. The van der Waals surface area contributed by atoms with Crippen LogP contribution in [0.4, 0.5) is 0 Å². The SMILES string of the molecule is C=C(Cl)CNC(=O)c1csc(Cl)n1. The van der Waals surface area contributed by atoms with E-state index < -0.39 is 0 Å². The number of thiazole rings is 1. The Kier molecular flexibility index (Phi) is 3.71. The van der Waals surface area contributed by atoms with Gasteiger partial charge in [0.2, 0.25) is 0 Å². The first-order chi connectivity index (χ1) is 6.09. The molecule has 1 aromatic heterocycles. The summed E-state index contributed by atoms with van der Waals surface area (Å²) in [5.74, 6) is -0.301. The minimum Gasteiger partial charge on any atom is -0.346 e. The van der Waals surface area contributed by atoms with E-state index in [1.165, 1.54) is 11.3 Å². The van der Waals surface area contributed by atoms with Crippen LogP contribution in [-0.4, -0.2) is 17.4 Å². The number of halogens is 2. The molecule has 70 valence electrons. The fraction of sp³-hybridized carbons (Fsp3) is 0.143. The van der Waals surface area contributed by atoms with Crippen molar-refractivity contribution in [3.63, 3.8) is 0 Å². The second-order valence-electron chi connectivity index (χ2n) is 2.19. The number of amides is 1. The van der Waals surface area contributed by atoms with E-state index in [2.05, 4.69) is 16.9 Å². The van der Waals surface area contributed by atoms with Gasteiger partial charge in [-0.05, 0) is 0 Å². The Morgan fingerprint density at radius 2 is 2.46 bits per heavy atom. The average Bonchev–Trinajstić information content (AvgIpc) is 2.47. The van der Waals surface area contributed by atoms with Crippen LogP contribution in [-0.2, 0) is 0 Å². The molecule has 0 atom stereocenters. The van der Waals surface area contributed by atoms with E-state index in [0.717, 1.165) is 0 Å². The summed E-state index contributed by atoms with van der Waals surface area (Å²) < 4.78 is 0.342. The van der Waals surface area contributed by atoms with Crippen molar-refractivity contribution in [2.75, 3.05) is 6.54 Å². The molecular weight excluding hydrogens is 231 g/mol. The van der Waals surface area contributed by atoms with Gasteiger partial charge in [-0.2, -0.15) is 0 Å². The van der Waals surface area contributed by atoms with Gasteiger partial charge in [-0.1, -0.05) is 29.8 Å². The zero-order valence-electron chi connectivity index (χ0n) is 6.51. The van der Waals surface area contributed by atoms with Gasteiger partial charge in [0.25, 0.3) is 5.91 Å². The van der Waals surface area contributed by atoms with Crippen LogP contribution >= 0.6 is 34.5 Å². The maximum absolute atomic E-state index is 11.2. The van der Waals surface area contributed by atoms with Crippen LogP contribution in [0.2, 0.25) is 4.47 Å². The number of carbonyl (C=O) groups excluding carboxylic acids is 1. The third-order valence-corrected chi connectivity index (χ3v) is 2.26. The zero-order chi connectivity index (χ0) is 9.84. The molecule has 1 N–H and O–H groups in total. The first-order valence-electron chi connectivity index (χ1n) is 3.32. The van der Waals surface area contributed by atoms with Crippen molar-refractivity contribution >= 4 is 40.4 Å². The Labute approximate surface area is 89.4 Å². The molecule has 0 saturated heterocycles. The summed E-state index contributed by atoms with van der Waals surface area (Å²) in [7, 11) is 0. The van der Waals surface area contributed by atoms with Crippen LogP contribution in [0.15, 0.2) is 17.0 Å². The van der Waals surface area contributed by atoms with Crippen molar-refractivity contribution < 1.29 is 4.79 Å². The summed E-state index contributed by atoms with van der Waals surface area (Å²) in [6.07, 6.45) is 0. The van der Waals surface area contributed by atoms with Crippen LogP contribution in [0.5, 0.6) is 0 Å². The Bertz CT molecular complexity index is 337. The third-order valence-electron chi connectivity index (χ3n) is 1.15. The lowest BCUT2D eigenvalue weighted by atomic mass is 10.4. The highest BCUT2D eigenvalue weighted by atomic mass is 35.5. The van der Waals surface area contributed by atoms with Gasteiger partial charge in [-0.15, -0.1) is 11.3 Å². The van der Waals surface area contributed by atoms with Gasteiger partial charge >= 0.3 is 0 Å². The summed E-state index contributed by atoms with van der Waals surface area (Å²) in [5.41, 5.74) is 0.299. The van der Waals surface area contributed by atoms with Crippen LogP contribution in [0.25, 0.3) is 0 Å². The quantitative estimate of drug-likeness (QED) is 0.876. The summed E-state index contributed by atoms with van der Waals surface area (Å²) in [5, 5.41) is 4.47. The average molecular weight is 237 g/mol. The number of hydrogen-bond donors (Lipinski definition) is 1. The molecule has 1 heterocycles. The predicted molar refractivity (Wildman–Crippen MR) is 54.5 cm³/mol. The molecule has 1 rings (SSSR count).